The zero-order valence-electron chi connectivity index (χ0n) is 17.0. The van der Waals surface area contributed by atoms with Crippen molar-refractivity contribution in [2.75, 3.05) is 11.1 Å². The lowest BCUT2D eigenvalue weighted by Gasteiger charge is -2.07. The quantitative estimate of drug-likeness (QED) is 0.292. The summed E-state index contributed by atoms with van der Waals surface area (Å²) in [7, 11) is -3.49. The number of nitrogens with one attached hydrogen (secondary N) is 1. The third kappa shape index (κ3) is 5.20. The lowest BCUT2D eigenvalue weighted by molar-refractivity contribution is 0.104. The maximum Gasteiger partial charge on any atom is 0.209 e. The van der Waals surface area contributed by atoms with Gasteiger partial charge in [0.15, 0.2) is 15.0 Å². The van der Waals surface area contributed by atoms with Gasteiger partial charge < -0.3 is 11.1 Å². The number of hydrogen-bond acceptors (Lipinski definition) is 7. The molecule has 10 heteroatoms. The number of aromatic nitrogens is 1. The summed E-state index contributed by atoms with van der Waals surface area (Å²) >= 11 is 13.3. The van der Waals surface area contributed by atoms with Crippen molar-refractivity contribution >= 4 is 66.8 Å². The van der Waals surface area contributed by atoms with Crippen molar-refractivity contribution in [1.82, 2.24) is 4.98 Å². The molecule has 4 aromatic rings. The van der Waals surface area contributed by atoms with Gasteiger partial charge >= 0.3 is 0 Å². The number of carbonyl (C=O) groups is 1. The third-order valence-corrected chi connectivity index (χ3v) is 8.03. The second kappa shape index (κ2) is 9.52. The van der Waals surface area contributed by atoms with Gasteiger partial charge in [0, 0.05) is 5.69 Å². The molecule has 3 aromatic carbocycles. The van der Waals surface area contributed by atoms with Crippen LogP contribution in [0.25, 0.3) is 0 Å². The van der Waals surface area contributed by atoms with E-state index in [2.05, 4.69) is 10.3 Å². The van der Waals surface area contributed by atoms with Crippen molar-refractivity contribution in [2.45, 2.75) is 10.6 Å². The molecule has 0 saturated carbocycles. The fourth-order valence-corrected chi connectivity index (χ4v) is 5.89. The van der Waals surface area contributed by atoms with Crippen LogP contribution in [0.3, 0.4) is 0 Å². The number of anilines is 3. The van der Waals surface area contributed by atoms with E-state index in [9.17, 15) is 13.2 Å². The number of sulfone groups is 1. The molecule has 0 aliphatic heterocycles. The highest BCUT2D eigenvalue weighted by Gasteiger charge is 2.23. The molecule has 33 heavy (non-hydrogen) atoms. The first-order chi connectivity index (χ1) is 15.7. The first-order valence-electron chi connectivity index (χ1n) is 9.63. The molecule has 0 spiro atoms. The molecule has 0 atom stereocenters. The van der Waals surface area contributed by atoms with Crippen molar-refractivity contribution < 1.29 is 13.2 Å². The Bertz CT molecular complexity index is 1400. The normalized spacial score (nSPS) is 11.3. The van der Waals surface area contributed by atoms with Crippen LogP contribution in [0.1, 0.15) is 20.8 Å². The van der Waals surface area contributed by atoms with Gasteiger partial charge in [-0.3, -0.25) is 4.79 Å². The Labute approximate surface area is 204 Å². The van der Waals surface area contributed by atoms with E-state index in [0.29, 0.717) is 16.4 Å². The maximum absolute atomic E-state index is 12.9. The summed E-state index contributed by atoms with van der Waals surface area (Å²) < 4.78 is 25.4. The Balaban J connectivity index is 1.52. The fraction of sp³-hybridized carbons (Fsp3) is 0.0435. The van der Waals surface area contributed by atoms with E-state index in [1.165, 1.54) is 12.1 Å². The summed E-state index contributed by atoms with van der Waals surface area (Å²) in [5.41, 5.74) is 7.43. The molecular weight excluding hydrogens is 501 g/mol. The number of rotatable bonds is 7. The van der Waals surface area contributed by atoms with Crippen molar-refractivity contribution in [3.8, 4) is 0 Å². The molecule has 0 unspecified atom stereocenters. The van der Waals surface area contributed by atoms with E-state index in [1.54, 1.807) is 54.6 Å². The molecule has 0 aliphatic carbocycles. The number of nitrogen functional groups attached to an aromatic ring is 1. The molecular formula is C23H17Cl2N3O3S2. The highest BCUT2D eigenvalue weighted by atomic mass is 35.5. The molecule has 0 bridgehead atoms. The number of thiazole rings is 1. The minimum atomic E-state index is -3.49. The van der Waals surface area contributed by atoms with Crippen molar-refractivity contribution in [1.29, 1.82) is 0 Å². The van der Waals surface area contributed by atoms with Gasteiger partial charge in [0.1, 0.15) is 10.7 Å². The average Bonchev–Trinajstić information content (AvgIpc) is 3.14. The van der Waals surface area contributed by atoms with Gasteiger partial charge in [-0.15, -0.1) is 0 Å². The Hall–Kier alpha value is -2.91. The maximum atomic E-state index is 12.9. The summed E-state index contributed by atoms with van der Waals surface area (Å²) in [6, 6.07) is 20.1. The van der Waals surface area contributed by atoms with Gasteiger partial charge in [-0.25, -0.2) is 13.4 Å². The molecule has 0 aliphatic rings. The summed E-state index contributed by atoms with van der Waals surface area (Å²) in [5.74, 6) is -0.457. The lowest BCUT2D eigenvalue weighted by atomic mass is 10.1. The van der Waals surface area contributed by atoms with Crippen molar-refractivity contribution in [3.05, 3.63) is 98.8 Å². The molecule has 6 nitrogen and oxygen atoms in total. The number of benzene rings is 3. The Morgan fingerprint density at radius 3 is 2.21 bits per heavy atom. The number of ketones is 1. The van der Waals surface area contributed by atoms with E-state index in [1.807, 2.05) is 6.07 Å². The van der Waals surface area contributed by atoms with Gasteiger partial charge in [0.05, 0.1) is 26.3 Å². The Kier molecular flexibility index (Phi) is 6.71. The Morgan fingerprint density at radius 1 is 0.939 bits per heavy atom. The molecule has 1 aromatic heterocycles. The van der Waals surface area contributed by atoms with Crippen LogP contribution in [0.4, 0.5) is 16.6 Å². The third-order valence-electron chi connectivity index (χ3n) is 4.71. The Morgan fingerprint density at radius 2 is 1.58 bits per heavy atom. The van der Waals surface area contributed by atoms with Gasteiger partial charge in [0.2, 0.25) is 5.78 Å². The number of carbonyl (C=O) groups excluding carboxylic acids is 1. The molecule has 0 radical (unpaired) electrons. The van der Waals surface area contributed by atoms with Crippen LogP contribution >= 0.6 is 34.5 Å². The monoisotopic (exact) mass is 517 g/mol. The molecule has 168 valence electrons. The zero-order valence-corrected chi connectivity index (χ0v) is 20.1. The van der Waals surface area contributed by atoms with E-state index >= 15 is 0 Å². The van der Waals surface area contributed by atoms with Gasteiger partial charge in [-0.05, 0) is 42.0 Å². The van der Waals surface area contributed by atoms with Crippen LogP contribution in [0, 0.1) is 0 Å². The van der Waals surface area contributed by atoms with E-state index in [4.69, 9.17) is 28.9 Å². The van der Waals surface area contributed by atoms with Crippen LogP contribution < -0.4 is 11.1 Å². The van der Waals surface area contributed by atoms with Crippen LogP contribution in [0.5, 0.6) is 0 Å². The molecule has 0 saturated heterocycles. The van der Waals surface area contributed by atoms with Crippen LogP contribution in [0.15, 0.2) is 77.7 Å². The minimum Gasteiger partial charge on any atom is -0.382 e. The second-order valence-corrected chi connectivity index (χ2v) is 10.9. The topological polar surface area (TPSA) is 102 Å². The summed E-state index contributed by atoms with van der Waals surface area (Å²) in [6.07, 6.45) is 0. The molecule has 0 fully saturated rings. The summed E-state index contributed by atoms with van der Waals surface area (Å²) in [5, 5.41) is 3.87. The van der Waals surface area contributed by atoms with Crippen LogP contribution in [0.2, 0.25) is 10.0 Å². The number of halogens is 2. The predicted octanol–water partition coefficient (Wildman–Crippen LogP) is 5.98. The van der Waals surface area contributed by atoms with Crippen LogP contribution in [-0.2, 0) is 15.6 Å². The van der Waals surface area contributed by atoms with E-state index < -0.39 is 15.6 Å². The standard InChI is InChI=1S/C23H17Cl2N3O3S2/c24-17-7-4-8-18(25)19(17)20(29)21-22(26)28-23(32-21)27-15-9-11-16(12-10-15)33(30,31)13-14-5-2-1-3-6-14/h1-12H,13,26H2,(H,27,28). The van der Waals surface area contributed by atoms with Crippen molar-refractivity contribution in [2.24, 2.45) is 0 Å². The minimum absolute atomic E-state index is 0.0468. The fourth-order valence-electron chi connectivity index (χ4n) is 3.12. The number of hydrogen-bond donors (Lipinski definition) is 2. The largest absolute Gasteiger partial charge is 0.382 e. The molecule has 1 heterocycles. The SMILES string of the molecule is Nc1nc(Nc2ccc(S(=O)(=O)Cc3ccccc3)cc2)sc1C(=O)c1c(Cl)cccc1Cl. The van der Waals surface area contributed by atoms with Crippen molar-refractivity contribution in [3.63, 3.8) is 0 Å². The molecule has 0 amide bonds. The van der Waals surface area contributed by atoms with E-state index in [0.717, 1.165) is 11.3 Å². The van der Waals surface area contributed by atoms with Gasteiger partial charge in [-0.2, -0.15) is 0 Å². The molecule has 3 N–H and O–H groups in total. The number of nitrogens with zero attached hydrogens (tertiary/aromatic N) is 1. The number of nitrogens with two attached hydrogens (primary N) is 1. The van der Waals surface area contributed by atoms with Crippen LogP contribution in [-0.4, -0.2) is 19.2 Å². The average molecular weight is 518 g/mol. The molecule has 4 rings (SSSR count). The van der Waals surface area contributed by atoms with Gasteiger partial charge in [0.25, 0.3) is 0 Å². The highest BCUT2D eigenvalue weighted by Crippen LogP contribution is 2.34. The van der Waals surface area contributed by atoms with Gasteiger partial charge in [-0.1, -0.05) is 70.9 Å². The highest BCUT2D eigenvalue weighted by molar-refractivity contribution is 7.90. The summed E-state index contributed by atoms with van der Waals surface area (Å²) in [6.45, 7) is 0. The van der Waals surface area contributed by atoms with E-state index in [-0.39, 0.29) is 37.0 Å². The first-order valence-corrected chi connectivity index (χ1v) is 12.9. The smallest absolute Gasteiger partial charge is 0.209 e. The second-order valence-electron chi connectivity index (χ2n) is 7.05. The zero-order chi connectivity index (χ0) is 23.6. The predicted molar refractivity (Wildman–Crippen MR) is 133 cm³/mol. The lowest BCUT2D eigenvalue weighted by Crippen LogP contribution is -2.05. The summed E-state index contributed by atoms with van der Waals surface area (Å²) in [4.78, 5) is 17.5. The first kappa shape index (κ1) is 23.3.